The summed E-state index contributed by atoms with van der Waals surface area (Å²) >= 11 is 3.28. The lowest BCUT2D eigenvalue weighted by Gasteiger charge is -2.27. The molecule has 1 aromatic carbocycles. The summed E-state index contributed by atoms with van der Waals surface area (Å²) in [5.74, 6) is 0.306. The third kappa shape index (κ3) is 2.82. The molecule has 0 atom stereocenters. The van der Waals surface area contributed by atoms with Crippen molar-refractivity contribution in [2.45, 2.75) is 39.0 Å². The van der Waals surface area contributed by atoms with E-state index in [0.29, 0.717) is 4.47 Å². The summed E-state index contributed by atoms with van der Waals surface area (Å²) < 4.78 is 14.3. The van der Waals surface area contributed by atoms with Crippen molar-refractivity contribution >= 4 is 21.7 Å². The van der Waals surface area contributed by atoms with Gasteiger partial charge in [-0.3, -0.25) is 4.79 Å². The number of Topliss-reactive ketones (excluding diaryl/α,β-unsaturated/α-hetero) is 1. The van der Waals surface area contributed by atoms with E-state index in [9.17, 15) is 9.18 Å². The minimum atomic E-state index is -0.410. The summed E-state index contributed by atoms with van der Waals surface area (Å²) in [6.45, 7) is 2.19. The molecular formula is C15H18BrFO. The highest BCUT2D eigenvalue weighted by Gasteiger charge is 2.28. The molecule has 0 unspecified atom stereocenters. The Morgan fingerprint density at radius 3 is 2.56 bits per heavy atom. The maximum atomic E-state index is 13.7. The number of benzene rings is 1. The molecule has 0 aliphatic heterocycles. The molecule has 98 valence electrons. The van der Waals surface area contributed by atoms with Gasteiger partial charge in [-0.25, -0.2) is 4.39 Å². The van der Waals surface area contributed by atoms with Gasteiger partial charge in [0.2, 0.25) is 0 Å². The lowest BCUT2D eigenvalue weighted by atomic mass is 9.78. The third-order valence-corrected chi connectivity index (χ3v) is 4.66. The van der Waals surface area contributed by atoms with Crippen molar-refractivity contribution in [1.29, 1.82) is 0 Å². The average molecular weight is 313 g/mol. The van der Waals surface area contributed by atoms with Gasteiger partial charge in [0.15, 0.2) is 5.78 Å². The number of hydrogen-bond donors (Lipinski definition) is 0. The molecule has 1 aromatic rings. The van der Waals surface area contributed by atoms with E-state index in [4.69, 9.17) is 0 Å². The Balaban J connectivity index is 2.13. The Bertz CT molecular complexity index is 416. The molecule has 0 N–H and O–H groups in total. The smallest absolute Gasteiger partial charge is 0.170 e. The number of halogens is 2. The summed E-state index contributed by atoms with van der Waals surface area (Å²) in [6, 6.07) is 4.70. The van der Waals surface area contributed by atoms with E-state index < -0.39 is 5.82 Å². The van der Waals surface area contributed by atoms with Crippen molar-refractivity contribution < 1.29 is 9.18 Å². The van der Waals surface area contributed by atoms with Crippen LogP contribution in [-0.2, 0) is 0 Å². The van der Waals surface area contributed by atoms with E-state index in [1.165, 1.54) is 12.5 Å². The van der Waals surface area contributed by atoms with Gasteiger partial charge < -0.3 is 0 Å². The lowest BCUT2D eigenvalue weighted by Crippen LogP contribution is -2.22. The van der Waals surface area contributed by atoms with Gasteiger partial charge in [-0.2, -0.15) is 0 Å². The van der Waals surface area contributed by atoms with Crippen LogP contribution in [0, 0.1) is 17.7 Å². The van der Waals surface area contributed by atoms with E-state index >= 15 is 0 Å². The van der Waals surface area contributed by atoms with E-state index in [2.05, 4.69) is 22.9 Å². The van der Waals surface area contributed by atoms with Gasteiger partial charge in [-0.05, 0) is 59.7 Å². The molecule has 0 radical (unpaired) electrons. The first kappa shape index (κ1) is 13.7. The zero-order valence-electron chi connectivity index (χ0n) is 10.6. The van der Waals surface area contributed by atoms with E-state index in [1.807, 2.05) is 0 Å². The van der Waals surface area contributed by atoms with Gasteiger partial charge in [-0.15, -0.1) is 0 Å². The highest BCUT2D eigenvalue weighted by molar-refractivity contribution is 9.10. The highest BCUT2D eigenvalue weighted by Crippen LogP contribution is 2.34. The van der Waals surface area contributed by atoms with Crippen molar-refractivity contribution in [2.75, 3.05) is 0 Å². The van der Waals surface area contributed by atoms with Crippen LogP contribution in [-0.4, -0.2) is 5.78 Å². The van der Waals surface area contributed by atoms with Crippen LogP contribution in [0.4, 0.5) is 4.39 Å². The van der Waals surface area contributed by atoms with Crippen LogP contribution in [0.5, 0.6) is 0 Å². The van der Waals surface area contributed by atoms with Gasteiger partial charge in [0, 0.05) is 10.4 Å². The second-order valence-corrected chi connectivity index (χ2v) is 5.94. The standard InChI is InChI=1S/C15H18BrFO/c1-2-10-6-8-11(9-7-10)15(18)14-12(16)4-3-5-13(14)17/h3-5,10-11H,2,6-9H2,1H3. The van der Waals surface area contributed by atoms with Gasteiger partial charge in [0.25, 0.3) is 0 Å². The normalized spacial score (nSPS) is 23.9. The molecule has 1 fully saturated rings. The molecule has 0 aromatic heterocycles. The molecule has 0 bridgehead atoms. The molecule has 1 aliphatic rings. The molecule has 0 heterocycles. The Morgan fingerprint density at radius 2 is 2.00 bits per heavy atom. The van der Waals surface area contributed by atoms with Crippen LogP contribution in [0.3, 0.4) is 0 Å². The Morgan fingerprint density at radius 1 is 1.33 bits per heavy atom. The average Bonchev–Trinajstić information content (AvgIpc) is 2.38. The predicted molar refractivity (Wildman–Crippen MR) is 74.2 cm³/mol. The lowest BCUT2D eigenvalue weighted by molar-refractivity contribution is 0.0866. The molecule has 0 spiro atoms. The quantitative estimate of drug-likeness (QED) is 0.719. The van der Waals surface area contributed by atoms with Gasteiger partial charge in [0.05, 0.1) is 5.56 Å². The molecule has 1 saturated carbocycles. The topological polar surface area (TPSA) is 17.1 Å². The van der Waals surface area contributed by atoms with Crippen molar-refractivity contribution in [3.63, 3.8) is 0 Å². The SMILES string of the molecule is CCC1CCC(C(=O)c2c(F)cccc2Br)CC1. The Labute approximate surface area is 116 Å². The van der Waals surface area contributed by atoms with E-state index in [-0.39, 0.29) is 17.3 Å². The van der Waals surface area contributed by atoms with Crippen molar-refractivity contribution in [2.24, 2.45) is 11.8 Å². The number of rotatable bonds is 3. The fraction of sp³-hybridized carbons (Fsp3) is 0.533. The summed E-state index contributed by atoms with van der Waals surface area (Å²) in [5, 5.41) is 0. The highest BCUT2D eigenvalue weighted by atomic mass is 79.9. The van der Waals surface area contributed by atoms with Gasteiger partial charge in [0.1, 0.15) is 5.82 Å². The summed E-state index contributed by atoms with van der Waals surface area (Å²) in [5.41, 5.74) is 0.234. The van der Waals surface area contributed by atoms with Crippen molar-refractivity contribution in [3.05, 3.63) is 34.1 Å². The fourth-order valence-electron chi connectivity index (χ4n) is 2.77. The van der Waals surface area contributed by atoms with Crippen LogP contribution in [0.2, 0.25) is 0 Å². The second kappa shape index (κ2) is 5.96. The number of carbonyl (C=O) groups is 1. The number of hydrogen-bond acceptors (Lipinski definition) is 1. The molecule has 0 amide bonds. The van der Waals surface area contributed by atoms with Crippen LogP contribution in [0.25, 0.3) is 0 Å². The monoisotopic (exact) mass is 312 g/mol. The summed E-state index contributed by atoms with van der Waals surface area (Å²) in [4.78, 5) is 12.4. The number of carbonyl (C=O) groups excluding carboxylic acids is 1. The minimum absolute atomic E-state index is 0.000926. The third-order valence-electron chi connectivity index (χ3n) is 4.00. The second-order valence-electron chi connectivity index (χ2n) is 5.09. The zero-order chi connectivity index (χ0) is 13.1. The minimum Gasteiger partial charge on any atom is -0.294 e. The molecule has 1 nitrogen and oxygen atoms in total. The van der Waals surface area contributed by atoms with E-state index in [0.717, 1.165) is 31.6 Å². The Kier molecular flexibility index (Phi) is 4.55. The number of ketones is 1. The fourth-order valence-corrected chi connectivity index (χ4v) is 3.31. The van der Waals surface area contributed by atoms with Gasteiger partial charge >= 0.3 is 0 Å². The molecule has 1 aliphatic carbocycles. The van der Waals surface area contributed by atoms with Crippen molar-refractivity contribution in [1.82, 2.24) is 0 Å². The first-order valence-electron chi connectivity index (χ1n) is 6.61. The molecule has 2 rings (SSSR count). The van der Waals surface area contributed by atoms with Crippen LogP contribution >= 0.6 is 15.9 Å². The maximum Gasteiger partial charge on any atom is 0.170 e. The Hall–Kier alpha value is -0.700. The van der Waals surface area contributed by atoms with Crippen LogP contribution in [0.15, 0.2) is 22.7 Å². The molecule has 3 heteroatoms. The predicted octanol–water partition coefficient (Wildman–Crippen LogP) is 4.99. The first-order valence-corrected chi connectivity index (χ1v) is 7.41. The summed E-state index contributed by atoms with van der Waals surface area (Å²) in [6.07, 6.45) is 5.18. The summed E-state index contributed by atoms with van der Waals surface area (Å²) in [7, 11) is 0. The largest absolute Gasteiger partial charge is 0.294 e. The molecule has 0 saturated heterocycles. The van der Waals surface area contributed by atoms with Gasteiger partial charge in [-0.1, -0.05) is 19.4 Å². The van der Waals surface area contributed by atoms with Crippen LogP contribution in [0.1, 0.15) is 49.4 Å². The maximum absolute atomic E-state index is 13.7. The van der Waals surface area contributed by atoms with E-state index in [1.54, 1.807) is 12.1 Å². The zero-order valence-corrected chi connectivity index (χ0v) is 12.2. The molecular weight excluding hydrogens is 295 g/mol. The first-order chi connectivity index (χ1) is 8.63. The molecule has 18 heavy (non-hydrogen) atoms. The van der Waals surface area contributed by atoms with Crippen molar-refractivity contribution in [3.8, 4) is 0 Å². The van der Waals surface area contributed by atoms with Crippen LogP contribution < -0.4 is 0 Å².